The van der Waals surface area contributed by atoms with E-state index in [0.717, 1.165) is 27.4 Å². The third-order valence-electron chi connectivity index (χ3n) is 5.81. The van der Waals surface area contributed by atoms with E-state index < -0.39 is 6.04 Å². The number of methoxy groups -OCH3 is 1. The smallest absolute Gasteiger partial charge is 0.328 e. The number of nitrogens with zero attached hydrogens (tertiary/aromatic N) is 3. The van der Waals surface area contributed by atoms with Gasteiger partial charge in [0, 0.05) is 11.9 Å². The van der Waals surface area contributed by atoms with Crippen molar-refractivity contribution in [2.75, 3.05) is 7.11 Å². The van der Waals surface area contributed by atoms with Crippen LogP contribution in [0.1, 0.15) is 22.9 Å². The van der Waals surface area contributed by atoms with Crippen molar-refractivity contribution in [1.29, 1.82) is 0 Å². The number of urea groups is 1. The zero-order chi connectivity index (χ0) is 23.5. The number of aromatic nitrogens is 1. The van der Waals surface area contributed by atoms with Crippen molar-refractivity contribution < 1.29 is 14.3 Å². The molecule has 0 aliphatic carbocycles. The van der Waals surface area contributed by atoms with E-state index in [1.54, 1.807) is 12.0 Å². The zero-order valence-electron chi connectivity index (χ0n) is 18.6. The highest BCUT2D eigenvalue weighted by atomic mass is 32.1. The fourth-order valence-corrected chi connectivity index (χ4v) is 5.01. The SMILES string of the molecule is COc1ccccc1-c1nc(CN2C(=O)C(c3ccccc3)N(Cc3ccccc3)C2=O)cs1. The Bertz CT molecular complexity index is 1310. The van der Waals surface area contributed by atoms with Gasteiger partial charge in [0.2, 0.25) is 0 Å². The Balaban J connectivity index is 1.43. The van der Waals surface area contributed by atoms with E-state index in [-0.39, 0.29) is 18.5 Å². The second-order valence-electron chi connectivity index (χ2n) is 7.98. The largest absolute Gasteiger partial charge is 0.496 e. The molecule has 3 amide bonds. The van der Waals surface area contributed by atoms with Gasteiger partial charge in [-0.2, -0.15) is 0 Å². The third-order valence-corrected chi connectivity index (χ3v) is 6.73. The molecule has 3 aromatic carbocycles. The number of para-hydroxylation sites is 1. The maximum atomic E-state index is 13.5. The van der Waals surface area contributed by atoms with E-state index in [0.29, 0.717) is 12.2 Å². The van der Waals surface area contributed by atoms with Crippen LogP contribution in [0.4, 0.5) is 4.79 Å². The number of hydrogen-bond donors (Lipinski definition) is 0. The van der Waals surface area contributed by atoms with Crippen molar-refractivity contribution in [3.05, 3.63) is 107 Å². The summed E-state index contributed by atoms with van der Waals surface area (Å²) in [4.78, 5) is 34.6. The Morgan fingerprint density at radius 3 is 2.29 bits per heavy atom. The molecule has 4 aromatic rings. The molecule has 1 aliphatic rings. The molecule has 1 aromatic heterocycles. The Morgan fingerprint density at radius 2 is 1.56 bits per heavy atom. The number of rotatable bonds is 7. The van der Waals surface area contributed by atoms with Gasteiger partial charge >= 0.3 is 6.03 Å². The average molecular weight is 470 g/mol. The monoisotopic (exact) mass is 469 g/mol. The van der Waals surface area contributed by atoms with E-state index in [2.05, 4.69) is 0 Å². The van der Waals surface area contributed by atoms with Gasteiger partial charge in [-0.25, -0.2) is 9.78 Å². The number of thiazole rings is 1. The molecule has 5 rings (SSSR count). The lowest BCUT2D eigenvalue weighted by Crippen LogP contribution is -2.32. The lowest BCUT2D eigenvalue weighted by molar-refractivity contribution is -0.129. The molecule has 170 valence electrons. The predicted octanol–water partition coefficient (Wildman–Crippen LogP) is 5.52. The first-order valence-corrected chi connectivity index (χ1v) is 11.8. The minimum atomic E-state index is -0.666. The fraction of sp³-hybridized carbons (Fsp3) is 0.148. The summed E-state index contributed by atoms with van der Waals surface area (Å²) in [6, 6.07) is 25.9. The maximum Gasteiger partial charge on any atom is 0.328 e. The van der Waals surface area contributed by atoms with Crippen LogP contribution in [0.25, 0.3) is 10.6 Å². The van der Waals surface area contributed by atoms with Gasteiger partial charge in [-0.05, 0) is 23.3 Å². The average Bonchev–Trinajstić information content (AvgIpc) is 3.44. The Labute approximate surface area is 202 Å². The number of imide groups is 1. The van der Waals surface area contributed by atoms with Crippen molar-refractivity contribution in [1.82, 2.24) is 14.8 Å². The van der Waals surface area contributed by atoms with Crippen LogP contribution in [-0.2, 0) is 17.9 Å². The molecule has 34 heavy (non-hydrogen) atoms. The minimum Gasteiger partial charge on any atom is -0.496 e. The Kier molecular flexibility index (Phi) is 6.10. The van der Waals surface area contributed by atoms with Crippen LogP contribution in [0, 0.1) is 0 Å². The van der Waals surface area contributed by atoms with Gasteiger partial charge in [0.25, 0.3) is 5.91 Å². The van der Waals surface area contributed by atoms with E-state index in [9.17, 15) is 9.59 Å². The number of ether oxygens (including phenoxy) is 1. The molecule has 6 nitrogen and oxygen atoms in total. The summed E-state index contributed by atoms with van der Waals surface area (Å²) in [6.07, 6.45) is 0. The zero-order valence-corrected chi connectivity index (χ0v) is 19.4. The second-order valence-corrected chi connectivity index (χ2v) is 8.84. The predicted molar refractivity (Wildman–Crippen MR) is 131 cm³/mol. The van der Waals surface area contributed by atoms with E-state index >= 15 is 0 Å². The van der Waals surface area contributed by atoms with E-state index in [1.807, 2.05) is 90.3 Å². The number of benzene rings is 3. The van der Waals surface area contributed by atoms with Crippen molar-refractivity contribution >= 4 is 23.3 Å². The molecule has 1 saturated heterocycles. The molecular formula is C27H23N3O3S. The Morgan fingerprint density at radius 1 is 0.882 bits per heavy atom. The van der Waals surface area contributed by atoms with Crippen LogP contribution in [0.2, 0.25) is 0 Å². The molecule has 0 N–H and O–H groups in total. The lowest BCUT2D eigenvalue weighted by atomic mass is 10.1. The molecule has 1 atom stereocenters. The van der Waals surface area contributed by atoms with Gasteiger partial charge in [-0.3, -0.25) is 9.69 Å². The first-order valence-electron chi connectivity index (χ1n) is 10.9. The van der Waals surface area contributed by atoms with Crippen molar-refractivity contribution in [3.63, 3.8) is 0 Å². The lowest BCUT2D eigenvalue weighted by Gasteiger charge is -2.22. The number of hydrogen-bond acceptors (Lipinski definition) is 5. The van der Waals surface area contributed by atoms with Crippen LogP contribution in [0.3, 0.4) is 0 Å². The summed E-state index contributed by atoms with van der Waals surface area (Å²) in [5.41, 5.74) is 3.32. The molecular weight excluding hydrogens is 446 g/mol. The van der Waals surface area contributed by atoms with Crippen molar-refractivity contribution in [2.45, 2.75) is 19.1 Å². The van der Waals surface area contributed by atoms with Gasteiger partial charge < -0.3 is 9.64 Å². The summed E-state index contributed by atoms with van der Waals surface area (Å²) < 4.78 is 5.45. The van der Waals surface area contributed by atoms with Gasteiger partial charge in [0.15, 0.2) is 0 Å². The molecule has 0 radical (unpaired) electrons. The summed E-state index contributed by atoms with van der Waals surface area (Å²) in [6.45, 7) is 0.475. The van der Waals surface area contributed by atoms with Gasteiger partial charge in [0.1, 0.15) is 16.8 Å². The second kappa shape index (κ2) is 9.49. The number of carbonyl (C=O) groups is 2. The van der Waals surface area contributed by atoms with Crippen LogP contribution in [0.5, 0.6) is 5.75 Å². The minimum absolute atomic E-state index is 0.123. The fourth-order valence-electron chi connectivity index (χ4n) is 4.17. The molecule has 0 saturated carbocycles. The van der Waals surface area contributed by atoms with Crippen LogP contribution >= 0.6 is 11.3 Å². The van der Waals surface area contributed by atoms with Crippen LogP contribution < -0.4 is 4.74 Å². The van der Waals surface area contributed by atoms with Gasteiger partial charge in [0.05, 0.1) is 24.9 Å². The van der Waals surface area contributed by atoms with Crippen molar-refractivity contribution in [3.8, 4) is 16.3 Å². The van der Waals surface area contributed by atoms with Crippen LogP contribution in [0.15, 0.2) is 90.3 Å². The van der Waals surface area contributed by atoms with Gasteiger partial charge in [-0.15, -0.1) is 11.3 Å². The molecule has 0 spiro atoms. The van der Waals surface area contributed by atoms with Gasteiger partial charge in [-0.1, -0.05) is 72.8 Å². The van der Waals surface area contributed by atoms with E-state index in [1.165, 1.54) is 16.2 Å². The number of amides is 3. The highest BCUT2D eigenvalue weighted by Gasteiger charge is 2.45. The topological polar surface area (TPSA) is 62.7 Å². The first kappa shape index (κ1) is 21.9. The van der Waals surface area contributed by atoms with Crippen molar-refractivity contribution in [2.24, 2.45) is 0 Å². The summed E-state index contributed by atoms with van der Waals surface area (Å²) in [5, 5.41) is 2.67. The summed E-state index contributed by atoms with van der Waals surface area (Å²) >= 11 is 1.46. The Hall–Kier alpha value is -3.97. The van der Waals surface area contributed by atoms with Crippen LogP contribution in [-0.4, -0.2) is 33.8 Å². The standard InChI is InChI=1S/C27H23N3O3S/c1-33-23-15-9-8-14-22(23)25-28-21(18-34-25)17-30-26(31)24(20-12-6-3-7-13-20)29(27(30)32)16-19-10-4-2-5-11-19/h2-15,18,24H,16-17H2,1H3. The summed E-state index contributed by atoms with van der Waals surface area (Å²) in [7, 11) is 1.62. The molecule has 0 bridgehead atoms. The number of carbonyl (C=O) groups excluding carboxylic acids is 2. The molecule has 2 heterocycles. The molecule has 7 heteroatoms. The summed E-state index contributed by atoms with van der Waals surface area (Å²) in [5.74, 6) is 0.494. The molecule has 1 aliphatic heterocycles. The third kappa shape index (κ3) is 4.18. The quantitative estimate of drug-likeness (QED) is 0.334. The maximum absolute atomic E-state index is 13.5. The normalized spacial score (nSPS) is 15.7. The highest BCUT2D eigenvalue weighted by molar-refractivity contribution is 7.13. The molecule has 1 fully saturated rings. The molecule has 1 unspecified atom stereocenters. The highest BCUT2D eigenvalue weighted by Crippen LogP contribution is 2.35. The first-order chi connectivity index (χ1) is 16.7. The van der Waals surface area contributed by atoms with E-state index in [4.69, 9.17) is 9.72 Å².